The van der Waals surface area contributed by atoms with Gasteiger partial charge in [-0.05, 0) is 62.6 Å². The van der Waals surface area contributed by atoms with Crippen LogP contribution in [0.4, 0.5) is 4.79 Å². The van der Waals surface area contributed by atoms with Gasteiger partial charge in [0.05, 0.1) is 43.6 Å². The third-order valence-corrected chi connectivity index (χ3v) is 13.6. The van der Waals surface area contributed by atoms with E-state index in [9.17, 15) is 27.6 Å². The van der Waals surface area contributed by atoms with Gasteiger partial charge >= 0.3 is 6.03 Å². The standard InChI is InChI=1S/C41H54N6O9S/c1-4-25(2)35(38(49)45-57(52,53)32-16-17-32)43-37(48)34-21-30-24-47(34)40(50)36(26-11-7-5-8-12-26)44-41(51)46-22-31(23-46)55-18-10-6-9-13-28-19-27-14-15-29(54-3)20-33(27)42-39(28)56-30/h4,9,13-15,19-20,25-26,30-32,34-36H,1,5-8,10-12,16-18,21-24H2,2-3H3,(H,43,48)(H,44,51)(H,45,49)/b13-9+/t25-,30+,34-,35?,36-/m0/s1. The van der Waals surface area contributed by atoms with Crippen molar-refractivity contribution in [3.8, 4) is 11.6 Å². The lowest BCUT2D eigenvalue weighted by atomic mass is 9.83. The molecule has 2 saturated carbocycles. The van der Waals surface area contributed by atoms with Crippen molar-refractivity contribution in [2.45, 2.75) is 107 Å². The Hall–Kier alpha value is -4.70. The molecule has 3 N–H and O–H groups in total. The number of hydrogen-bond donors (Lipinski definition) is 3. The summed E-state index contributed by atoms with van der Waals surface area (Å²) < 4.78 is 45.8. The number of sulfonamides is 1. The number of nitrogens with zero attached hydrogens (tertiary/aromatic N) is 3. The van der Waals surface area contributed by atoms with Crippen LogP contribution in [0, 0.1) is 11.8 Å². The summed E-state index contributed by atoms with van der Waals surface area (Å²) in [5, 5.41) is 6.03. The Labute approximate surface area is 334 Å². The van der Waals surface area contributed by atoms with Crippen LogP contribution in [0.3, 0.4) is 0 Å². The molecule has 8 rings (SSSR count). The molecule has 57 heavy (non-hydrogen) atoms. The van der Waals surface area contributed by atoms with Crippen molar-refractivity contribution < 1.29 is 41.8 Å². The maximum absolute atomic E-state index is 14.9. The predicted octanol–water partition coefficient (Wildman–Crippen LogP) is 3.67. The Morgan fingerprint density at radius 1 is 1.05 bits per heavy atom. The third-order valence-electron chi connectivity index (χ3n) is 11.8. The van der Waals surface area contributed by atoms with Gasteiger partial charge in [-0.3, -0.25) is 19.1 Å². The van der Waals surface area contributed by atoms with Crippen LogP contribution in [-0.4, -0.2) is 116 Å². The van der Waals surface area contributed by atoms with E-state index in [0.717, 1.165) is 50.3 Å². The number of aromatic nitrogens is 1. The van der Waals surface area contributed by atoms with E-state index in [0.29, 0.717) is 55.2 Å². The molecule has 5 heterocycles. The summed E-state index contributed by atoms with van der Waals surface area (Å²) in [4.78, 5) is 64.4. The second-order valence-electron chi connectivity index (χ2n) is 16.0. The second kappa shape index (κ2) is 17.4. The maximum atomic E-state index is 14.9. The van der Waals surface area contributed by atoms with Crippen molar-refractivity contribution in [3.63, 3.8) is 0 Å². The maximum Gasteiger partial charge on any atom is 0.318 e. The van der Waals surface area contributed by atoms with E-state index in [4.69, 9.17) is 19.2 Å². The van der Waals surface area contributed by atoms with Gasteiger partial charge in [0.1, 0.15) is 30.0 Å². The van der Waals surface area contributed by atoms with E-state index < -0.39 is 63.1 Å². The highest BCUT2D eigenvalue weighted by Crippen LogP contribution is 2.33. The number of carbonyl (C=O) groups excluding carboxylic acids is 4. The van der Waals surface area contributed by atoms with Crippen molar-refractivity contribution in [1.29, 1.82) is 0 Å². The lowest BCUT2D eigenvalue weighted by Gasteiger charge is -2.41. The molecule has 1 unspecified atom stereocenters. The predicted molar refractivity (Wildman–Crippen MR) is 213 cm³/mol. The topological polar surface area (TPSA) is 186 Å². The number of carbonyl (C=O) groups is 4. The average Bonchev–Trinajstić information content (AvgIpc) is 3.98. The quantitative estimate of drug-likeness (QED) is 0.316. The number of pyridine rings is 1. The zero-order valence-corrected chi connectivity index (χ0v) is 33.5. The Bertz CT molecular complexity index is 1990. The number of allylic oxidation sites excluding steroid dienone is 1. The first-order valence-electron chi connectivity index (χ1n) is 20.2. The number of fused-ring (bicyclic) bond motifs is 8. The van der Waals surface area contributed by atoms with Crippen LogP contribution in [0.2, 0.25) is 0 Å². The minimum absolute atomic E-state index is 0.000551. The van der Waals surface area contributed by atoms with Gasteiger partial charge in [-0.15, -0.1) is 6.58 Å². The average molecular weight is 807 g/mol. The molecule has 308 valence electrons. The van der Waals surface area contributed by atoms with Gasteiger partial charge in [-0.25, -0.2) is 18.2 Å². The molecule has 2 aromatic rings. The number of urea groups is 1. The SMILES string of the molecule is C=C[C@H](C)C(NC(=O)[C@@H]1C[C@@H]2CN1C(=O)[C@H](C1CCCCC1)NC(=O)N1CC(C1)OCCC/C=C/c1cc3ccc(OC)cc3nc1O2)C(=O)NS(=O)(=O)C1CC1. The fraction of sp³-hybridized carbons (Fsp3) is 0.585. The molecule has 4 aliphatic heterocycles. The summed E-state index contributed by atoms with van der Waals surface area (Å²) in [6, 6.07) is 3.88. The molecule has 5 amide bonds. The van der Waals surface area contributed by atoms with Crippen molar-refractivity contribution in [1.82, 2.24) is 30.1 Å². The van der Waals surface area contributed by atoms with Gasteiger partial charge in [0.25, 0.3) is 5.91 Å². The molecule has 5 atom stereocenters. The lowest BCUT2D eigenvalue weighted by Crippen LogP contribution is -2.63. The number of ether oxygens (including phenoxy) is 3. The molecular weight excluding hydrogens is 753 g/mol. The molecule has 2 aliphatic carbocycles. The normalized spacial score (nSPS) is 26.6. The summed E-state index contributed by atoms with van der Waals surface area (Å²) in [6.07, 6.45) is 11.4. The molecular formula is C41H54N6O9S. The zero-order chi connectivity index (χ0) is 40.3. The molecule has 4 bridgehead atoms. The molecule has 4 fully saturated rings. The number of hydrogen-bond acceptors (Lipinski definition) is 10. The summed E-state index contributed by atoms with van der Waals surface area (Å²) in [5.74, 6) is -1.82. The monoisotopic (exact) mass is 806 g/mol. The number of rotatable bonds is 9. The van der Waals surface area contributed by atoms with E-state index in [2.05, 4.69) is 21.9 Å². The summed E-state index contributed by atoms with van der Waals surface area (Å²) in [5.41, 5.74) is 1.35. The Morgan fingerprint density at radius 2 is 1.82 bits per heavy atom. The molecule has 16 heteroatoms. The number of amides is 5. The minimum Gasteiger partial charge on any atom is -0.497 e. The van der Waals surface area contributed by atoms with E-state index in [1.165, 1.54) is 11.0 Å². The van der Waals surface area contributed by atoms with Crippen molar-refractivity contribution in [2.75, 3.05) is 33.4 Å². The molecule has 15 nitrogen and oxygen atoms in total. The third kappa shape index (κ3) is 9.38. The summed E-state index contributed by atoms with van der Waals surface area (Å²) >= 11 is 0. The molecule has 0 radical (unpaired) electrons. The summed E-state index contributed by atoms with van der Waals surface area (Å²) in [6.45, 7) is 6.80. The van der Waals surface area contributed by atoms with Crippen LogP contribution in [0.15, 0.2) is 43.0 Å². The van der Waals surface area contributed by atoms with Crippen LogP contribution in [-0.2, 0) is 29.1 Å². The molecule has 1 aromatic heterocycles. The highest BCUT2D eigenvalue weighted by molar-refractivity contribution is 7.90. The lowest BCUT2D eigenvalue weighted by molar-refractivity contribution is -0.142. The number of methoxy groups -OCH3 is 1. The van der Waals surface area contributed by atoms with Gasteiger partial charge in [0.2, 0.25) is 27.7 Å². The molecule has 2 saturated heterocycles. The fourth-order valence-electron chi connectivity index (χ4n) is 8.13. The van der Waals surface area contributed by atoms with Gasteiger partial charge in [0.15, 0.2) is 0 Å². The van der Waals surface area contributed by atoms with Crippen LogP contribution in [0.5, 0.6) is 11.6 Å². The van der Waals surface area contributed by atoms with Gasteiger partial charge in [-0.1, -0.05) is 44.4 Å². The first-order chi connectivity index (χ1) is 27.4. The van der Waals surface area contributed by atoms with Crippen LogP contribution < -0.4 is 24.8 Å². The van der Waals surface area contributed by atoms with E-state index in [1.54, 1.807) is 18.9 Å². The number of nitrogens with one attached hydrogen (secondary N) is 3. The molecule has 1 aromatic carbocycles. The molecule has 0 spiro atoms. The van der Waals surface area contributed by atoms with Crippen LogP contribution in [0.25, 0.3) is 17.0 Å². The van der Waals surface area contributed by atoms with E-state index in [1.807, 2.05) is 36.4 Å². The fourth-order valence-corrected chi connectivity index (χ4v) is 9.46. The Balaban J connectivity index is 1.23. The second-order valence-corrected chi connectivity index (χ2v) is 17.9. The Morgan fingerprint density at radius 3 is 2.54 bits per heavy atom. The van der Waals surface area contributed by atoms with E-state index >= 15 is 0 Å². The largest absolute Gasteiger partial charge is 0.497 e. The van der Waals surface area contributed by atoms with Gasteiger partial charge in [0, 0.05) is 36.0 Å². The van der Waals surface area contributed by atoms with Crippen molar-refractivity contribution in [3.05, 3.63) is 48.6 Å². The highest BCUT2D eigenvalue weighted by atomic mass is 32.2. The Kier molecular flexibility index (Phi) is 12.4. The van der Waals surface area contributed by atoms with Crippen molar-refractivity contribution >= 4 is 50.8 Å². The minimum atomic E-state index is -3.91. The van der Waals surface area contributed by atoms with Gasteiger partial charge < -0.3 is 34.6 Å². The van der Waals surface area contributed by atoms with Gasteiger partial charge in [-0.2, -0.15) is 0 Å². The smallest absolute Gasteiger partial charge is 0.318 e. The first kappa shape index (κ1) is 40.5. The molecule has 6 aliphatic rings. The van der Waals surface area contributed by atoms with E-state index in [-0.39, 0.29) is 31.0 Å². The van der Waals surface area contributed by atoms with Crippen LogP contribution >= 0.6 is 0 Å². The number of benzene rings is 1. The first-order valence-corrected chi connectivity index (χ1v) is 21.8. The van der Waals surface area contributed by atoms with Crippen LogP contribution in [0.1, 0.15) is 76.7 Å². The van der Waals surface area contributed by atoms with Crippen molar-refractivity contribution in [2.24, 2.45) is 11.8 Å². The zero-order valence-electron chi connectivity index (χ0n) is 32.7. The summed E-state index contributed by atoms with van der Waals surface area (Å²) in [7, 11) is -2.33. The highest BCUT2D eigenvalue weighted by Gasteiger charge is 2.47.